The van der Waals surface area contributed by atoms with Crippen LogP contribution in [0.3, 0.4) is 0 Å². The summed E-state index contributed by atoms with van der Waals surface area (Å²) >= 11 is 0. The van der Waals surface area contributed by atoms with Crippen LogP contribution < -0.4 is 5.32 Å². The van der Waals surface area contributed by atoms with Crippen LogP contribution in [0.1, 0.15) is 44.9 Å². The van der Waals surface area contributed by atoms with Gasteiger partial charge in [-0.15, -0.1) is 0 Å². The van der Waals surface area contributed by atoms with Gasteiger partial charge in [0, 0.05) is 6.04 Å². The van der Waals surface area contributed by atoms with E-state index in [1.807, 2.05) is 0 Å². The fourth-order valence-corrected chi connectivity index (χ4v) is 5.42. The van der Waals surface area contributed by atoms with E-state index in [0.29, 0.717) is 0 Å². The molecule has 0 aromatic heterocycles. The van der Waals surface area contributed by atoms with E-state index >= 15 is 0 Å². The van der Waals surface area contributed by atoms with Crippen LogP contribution in [0, 0.1) is 23.2 Å². The maximum absolute atomic E-state index is 3.70. The largest absolute Gasteiger partial charge is 0.313 e. The molecule has 1 heteroatoms. The molecule has 1 heterocycles. The molecule has 5 aliphatic rings. The molecule has 5 fully saturated rings. The van der Waals surface area contributed by atoms with E-state index in [4.69, 9.17) is 0 Å². The molecule has 0 aromatic rings. The first-order valence-electron chi connectivity index (χ1n) is 6.57. The third kappa shape index (κ3) is 0.946. The summed E-state index contributed by atoms with van der Waals surface area (Å²) in [7, 11) is 0. The van der Waals surface area contributed by atoms with Crippen LogP contribution in [-0.2, 0) is 0 Å². The number of hydrogen-bond donors (Lipinski definition) is 1. The van der Waals surface area contributed by atoms with Crippen LogP contribution in [0.5, 0.6) is 0 Å². The lowest BCUT2D eigenvalue weighted by molar-refractivity contribution is -0.0861. The highest BCUT2D eigenvalue weighted by Crippen LogP contribution is 2.62. The lowest BCUT2D eigenvalue weighted by Gasteiger charge is -2.61. The first-order chi connectivity index (χ1) is 6.84. The summed E-state index contributed by atoms with van der Waals surface area (Å²) in [6.07, 6.45) is 11.0. The van der Waals surface area contributed by atoms with Crippen molar-refractivity contribution in [1.82, 2.24) is 5.32 Å². The number of rotatable bonds is 1. The van der Waals surface area contributed by atoms with Gasteiger partial charge in [0.05, 0.1) is 0 Å². The Morgan fingerprint density at radius 2 is 1.36 bits per heavy atom. The molecule has 5 rings (SSSR count). The minimum atomic E-state index is 0.785. The predicted molar refractivity (Wildman–Crippen MR) is 57.0 cm³/mol. The van der Waals surface area contributed by atoms with Crippen molar-refractivity contribution in [3.8, 4) is 0 Å². The first kappa shape index (κ1) is 8.15. The van der Waals surface area contributed by atoms with Crippen LogP contribution in [0.2, 0.25) is 0 Å². The zero-order valence-corrected chi connectivity index (χ0v) is 8.97. The van der Waals surface area contributed by atoms with E-state index < -0.39 is 0 Å². The smallest absolute Gasteiger partial charge is 0.0136 e. The summed E-state index contributed by atoms with van der Waals surface area (Å²) in [6.45, 7) is 1.30. The molecule has 4 aliphatic carbocycles. The van der Waals surface area contributed by atoms with Crippen LogP contribution in [-0.4, -0.2) is 12.6 Å². The Morgan fingerprint density at radius 3 is 1.71 bits per heavy atom. The quantitative estimate of drug-likeness (QED) is 0.671. The van der Waals surface area contributed by atoms with Crippen molar-refractivity contribution in [1.29, 1.82) is 0 Å². The zero-order valence-electron chi connectivity index (χ0n) is 8.97. The van der Waals surface area contributed by atoms with Crippen LogP contribution in [0.4, 0.5) is 0 Å². The Kier molecular flexibility index (Phi) is 1.49. The molecule has 0 spiro atoms. The van der Waals surface area contributed by atoms with E-state index in [9.17, 15) is 0 Å². The monoisotopic (exact) mass is 191 g/mol. The molecule has 0 radical (unpaired) electrons. The van der Waals surface area contributed by atoms with Gasteiger partial charge in [0.15, 0.2) is 0 Å². The first-order valence-corrected chi connectivity index (χ1v) is 6.57. The Bertz CT molecular complexity index is 219. The van der Waals surface area contributed by atoms with Gasteiger partial charge >= 0.3 is 0 Å². The molecule has 1 unspecified atom stereocenters. The van der Waals surface area contributed by atoms with Gasteiger partial charge in [-0.2, -0.15) is 0 Å². The fourth-order valence-electron chi connectivity index (χ4n) is 5.42. The molecule has 4 bridgehead atoms. The number of hydrogen-bond acceptors (Lipinski definition) is 1. The Labute approximate surface area is 86.6 Å². The maximum atomic E-state index is 3.70. The summed E-state index contributed by atoms with van der Waals surface area (Å²) in [5.74, 6) is 3.39. The van der Waals surface area contributed by atoms with Crippen molar-refractivity contribution in [2.75, 3.05) is 6.54 Å². The zero-order chi connectivity index (χ0) is 9.17. The van der Waals surface area contributed by atoms with Crippen molar-refractivity contribution >= 4 is 0 Å². The molecule has 0 aromatic carbocycles. The van der Waals surface area contributed by atoms with E-state index in [1.165, 1.54) is 13.0 Å². The topological polar surface area (TPSA) is 12.0 Å². The molecular weight excluding hydrogens is 170 g/mol. The fraction of sp³-hybridized carbons (Fsp3) is 1.00. The second kappa shape index (κ2) is 2.55. The van der Waals surface area contributed by atoms with Crippen molar-refractivity contribution in [3.05, 3.63) is 0 Å². The number of nitrogens with one attached hydrogen (secondary N) is 1. The van der Waals surface area contributed by atoms with Crippen LogP contribution in [0.25, 0.3) is 0 Å². The standard InChI is InChI=1S/C13H21N/c1-2-14-12(1)13-6-9-3-10(7-13)5-11(4-9)8-13/h9-12,14H,1-8H2. The third-order valence-electron chi connectivity index (χ3n) is 5.65. The van der Waals surface area contributed by atoms with Gasteiger partial charge in [0.2, 0.25) is 0 Å². The highest BCUT2D eigenvalue weighted by molar-refractivity contribution is 5.08. The highest BCUT2D eigenvalue weighted by Gasteiger charge is 2.54. The molecule has 1 aliphatic heterocycles. The van der Waals surface area contributed by atoms with Gasteiger partial charge in [-0.25, -0.2) is 0 Å². The summed E-state index contributed by atoms with van der Waals surface area (Å²) in [4.78, 5) is 0. The minimum absolute atomic E-state index is 0.785. The predicted octanol–water partition coefficient (Wildman–Crippen LogP) is 2.56. The molecule has 1 N–H and O–H groups in total. The van der Waals surface area contributed by atoms with E-state index in [1.54, 1.807) is 38.5 Å². The van der Waals surface area contributed by atoms with Crippen molar-refractivity contribution in [3.63, 3.8) is 0 Å². The second-order valence-corrected chi connectivity index (χ2v) is 6.58. The molecule has 1 nitrogen and oxygen atoms in total. The third-order valence-corrected chi connectivity index (χ3v) is 5.65. The molecule has 1 saturated heterocycles. The summed E-state index contributed by atoms with van der Waals surface area (Å²) in [6, 6.07) is 0.927. The molecular formula is C13H21N. The van der Waals surface area contributed by atoms with E-state index in [2.05, 4.69) is 5.32 Å². The van der Waals surface area contributed by atoms with E-state index in [-0.39, 0.29) is 0 Å². The van der Waals surface area contributed by atoms with Crippen LogP contribution in [0.15, 0.2) is 0 Å². The molecule has 14 heavy (non-hydrogen) atoms. The van der Waals surface area contributed by atoms with Crippen LogP contribution >= 0.6 is 0 Å². The highest BCUT2D eigenvalue weighted by atomic mass is 15.0. The maximum Gasteiger partial charge on any atom is 0.0136 e. The van der Waals surface area contributed by atoms with Gasteiger partial charge in [0.1, 0.15) is 0 Å². The SMILES string of the molecule is C1CC(C23CC4CC(CC(C4)C2)C3)N1. The van der Waals surface area contributed by atoms with Gasteiger partial charge in [-0.3, -0.25) is 0 Å². The minimum Gasteiger partial charge on any atom is -0.313 e. The normalized spacial score (nSPS) is 60.0. The van der Waals surface area contributed by atoms with Gasteiger partial charge in [0.25, 0.3) is 0 Å². The van der Waals surface area contributed by atoms with E-state index in [0.717, 1.165) is 29.2 Å². The van der Waals surface area contributed by atoms with Crippen molar-refractivity contribution in [2.24, 2.45) is 23.2 Å². The lowest BCUT2D eigenvalue weighted by Crippen LogP contribution is -2.61. The summed E-state index contributed by atoms with van der Waals surface area (Å²) < 4.78 is 0. The van der Waals surface area contributed by atoms with Crippen molar-refractivity contribution in [2.45, 2.75) is 51.0 Å². The lowest BCUT2D eigenvalue weighted by atomic mass is 9.47. The molecule has 78 valence electrons. The Hall–Kier alpha value is -0.0400. The van der Waals surface area contributed by atoms with Crippen molar-refractivity contribution < 1.29 is 0 Å². The summed E-state index contributed by atoms with van der Waals surface area (Å²) in [5.41, 5.74) is 0.785. The van der Waals surface area contributed by atoms with Gasteiger partial charge in [-0.05, 0) is 74.7 Å². The molecule has 0 amide bonds. The molecule has 1 atom stereocenters. The average molecular weight is 191 g/mol. The van der Waals surface area contributed by atoms with Gasteiger partial charge in [-0.1, -0.05) is 0 Å². The average Bonchev–Trinajstić information content (AvgIpc) is 1.95. The van der Waals surface area contributed by atoms with Gasteiger partial charge < -0.3 is 5.32 Å². The Balaban J connectivity index is 1.66. The summed E-state index contributed by atoms with van der Waals surface area (Å²) in [5, 5.41) is 3.70. The second-order valence-electron chi connectivity index (χ2n) is 6.58. The molecule has 4 saturated carbocycles. The Morgan fingerprint density at radius 1 is 0.857 bits per heavy atom.